The van der Waals surface area contributed by atoms with E-state index in [1.54, 1.807) is 23.5 Å². The molecule has 190 valence electrons. The molecule has 7 aromatic carbocycles. The molecule has 0 nitrogen and oxygen atoms in total. The minimum absolute atomic E-state index is 0.263. The van der Waals surface area contributed by atoms with E-state index in [9.17, 15) is 0 Å². The van der Waals surface area contributed by atoms with Gasteiger partial charge < -0.3 is 0 Å². The van der Waals surface area contributed by atoms with Crippen molar-refractivity contribution in [1.29, 1.82) is 0 Å². The van der Waals surface area contributed by atoms with Gasteiger partial charge in [0.2, 0.25) is 0 Å². The van der Waals surface area contributed by atoms with E-state index in [1.165, 1.54) is 27.3 Å². The lowest BCUT2D eigenvalue weighted by Crippen LogP contribution is -1.95. The SMILES string of the molecule is Fc1cc(-c2ccc3c(c2)Sc2ccccc2S3)c(F)c(-c2ccc3c4ccccc4c4ccccc4c3c2)c1. The van der Waals surface area contributed by atoms with Crippen LogP contribution >= 0.6 is 23.5 Å². The monoisotopic (exact) mass is 554 g/mol. The second kappa shape index (κ2) is 9.22. The van der Waals surface area contributed by atoms with Gasteiger partial charge in [-0.25, -0.2) is 8.78 Å². The lowest BCUT2D eigenvalue weighted by Gasteiger charge is -2.19. The highest BCUT2D eigenvalue weighted by atomic mass is 32.2. The van der Waals surface area contributed by atoms with E-state index >= 15 is 8.78 Å². The highest BCUT2D eigenvalue weighted by Gasteiger charge is 2.20. The number of fused-ring (bicyclic) bond motifs is 8. The molecule has 0 N–H and O–H groups in total. The van der Waals surface area contributed by atoms with Crippen molar-refractivity contribution in [2.75, 3.05) is 0 Å². The van der Waals surface area contributed by atoms with Crippen LogP contribution < -0.4 is 0 Å². The van der Waals surface area contributed by atoms with Crippen LogP contribution in [-0.4, -0.2) is 0 Å². The Labute approximate surface area is 238 Å². The molecule has 0 unspecified atom stereocenters. The lowest BCUT2D eigenvalue weighted by atomic mass is 9.91. The van der Waals surface area contributed by atoms with E-state index < -0.39 is 11.6 Å². The number of halogens is 2. The van der Waals surface area contributed by atoms with Crippen LogP contribution in [0.2, 0.25) is 0 Å². The highest BCUT2D eigenvalue weighted by molar-refractivity contribution is 8.05. The zero-order chi connectivity index (χ0) is 26.8. The number of rotatable bonds is 2. The summed E-state index contributed by atoms with van der Waals surface area (Å²) < 4.78 is 31.4. The van der Waals surface area contributed by atoms with Crippen molar-refractivity contribution in [2.45, 2.75) is 19.6 Å². The molecule has 0 saturated carbocycles. The van der Waals surface area contributed by atoms with Crippen LogP contribution in [0.25, 0.3) is 54.6 Å². The summed E-state index contributed by atoms with van der Waals surface area (Å²) in [6, 6.07) is 39.3. The second-order valence-corrected chi connectivity index (χ2v) is 12.1. The van der Waals surface area contributed by atoms with E-state index in [-0.39, 0.29) is 11.1 Å². The van der Waals surface area contributed by atoms with Gasteiger partial charge in [-0.05, 0) is 85.9 Å². The Morgan fingerprint density at radius 3 is 1.45 bits per heavy atom. The van der Waals surface area contributed by atoms with Gasteiger partial charge in [-0.1, -0.05) is 102 Å². The first-order chi connectivity index (χ1) is 19.6. The first-order valence-electron chi connectivity index (χ1n) is 13.1. The maximum atomic E-state index is 16.3. The highest BCUT2D eigenvalue weighted by Crippen LogP contribution is 2.49. The topological polar surface area (TPSA) is 0 Å². The van der Waals surface area contributed by atoms with Crippen LogP contribution in [-0.2, 0) is 0 Å². The Morgan fingerprint density at radius 2 is 0.825 bits per heavy atom. The van der Waals surface area contributed by atoms with Crippen molar-refractivity contribution in [3.63, 3.8) is 0 Å². The summed E-state index contributed by atoms with van der Waals surface area (Å²) in [4.78, 5) is 4.56. The van der Waals surface area contributed by atoms with Gasteiger partial charge >= 0.3 is 0 Å². The summed E-state index contributed by atoms with van der Waals surface area (Å²) in [5.74, 6) is -0.875. The molecular weight excluding hydrogens is 535 g/mol. The van der Waals surface area contributed by atoms with Crippen LogP contribution in [0.5, 0.6) is 0 Å². The Morgan fingerprint density at radius 1 is 0.375 bits per heavy atom. The number of benzene rings is 7. The molecule has 0 fully saturated rings. The smallest absolute Gasteiger partial charge is 0.139 e. The molecule has 40 heavy (non-hydrogen) atoms. The number of hydrogen-bond acceptors (Lipinski definition) is 2. The van der Waals surface area contributed by atoms with Crippen molar-refractivity contribution in [2.24, 2.45) is 0 Å². The van der Waals surface area contributed by atoms with Crippen LogP contribution in [0.15, 0.2) is 141 Å². The van der Waals surface area contributed by atoms with E-state index in [2.05, 4.69) is 42.5 Å². The number of hydrogen-bond donors (Lipinski definition) is 0. The third kappa shape index (κ3) is 3.75. The van der Waals surface area contributed by atoms with Crippen molar-refractivity contribution in [3.8, 4) is 22.3 Å². The maximum absolute atomic E-state index is 16.3. The average molecular weight is 555 g/mol. The molecule has 1 aliphatic rings. The largest absolute Gasteiger partial charge is 0.207 e. The van der Waals surface area contributed by atoms with E-state index in [0.29, 0.717) is 11.1 Å². The molecule has 0 saturated heterocycles. The summed E-state index contributed by atoms with van der Waals surface area (Å²) in [5, 5.41) is 6.70. The molecular formula is C36H20F2S2. The average Bonchev–Trinajstić information content (AvgIpc) is 3.00. The maximum Gasteiger partial charge on any atom is 0.139 e. The minimum atomic E-state index is -0.458. The quantitative estimate of drug-likeness (QED) is 0.195. The van der Waals surface area contributed by atoms with Gasteiger partial charge in [-0.2, -0.15) is 0 Å². The molecule has 8 rings (SSSR count). The summed E-state index contributed by atoms with van der Waals surface area (Å²) in [5.41, 5.74) is 1.86. The molecule has 0 aromatic heterocycles. The van der Waals surface area contributed by atoms with Gasteiger partial charge in [0.05, 0.1) is 0 Å². The van der Waals surface area contributed by atoms with Gasteiger partial charge in [0.1, 0.15) is 11.6 Å². The summed E-state index contributed by atoms with van der Waals surface area (Å²) in [6.07, 6.45) is 0. The first kappa shape index (κ1) is 23.7. The normalized spacial score (nSPS) is 12.6. The molecule has 4 heteroatoms. The zero-order valence-corrected chi connectivity index (χ0v) is 22.8. The second-order valence-electron chi connectivity index (χ2n) is 9.98. The lowest BCUT2D eigenvalue weighted by molar-refractivity contribution is 0.606. The molecule has 0 atom stereocenters. The van der Waals surface area contributed by atoms with Gasteiger partial charge in [-0.15, -0.1) is 0 Å². The molecule has 1 heterocycles. The van der Waals surface area contributed by atoms with Crippen molar-refractivity contribution in [1.82, 2.24) is 0 Å². The Kier molecular flexibility index (Phi) is 5.48. The van der Waals surface area contributed by atoms with Gasteiger partial charge in [0.15, 0.2) is 0 Å². The zero-order valence-electron chi connectivity index (χ0n) is 21.1. The molecule has 1 aliphatic heterocycles. The van der Waals surface area contributed by atoms with Gasteiger partial charge in [-0.3, -0.25) is 0 Å². The molecule has 0 bridgehead atoms. The Hall–Kier alpha value is -4.12. The third-order valence-electron chi connectivity index (χ3n) is 7.64. The van der Waals surface area contributed by atoms with Gasteiger partial charge in [0, 0.05) is 30.7 Å². The Balaban J connectivity index is 1.29. The predicted octanol–water partition coefficient (Wildman–Crippen LogP) is 11.4. The van der Waals surface area contributed by atoms with Crippen molar-refractivity contribution in [3.05, 3.63) is 133 Å². The van der Waals surface area contributed by atoms with E-state index in [0.717, 1.165) is 36.7 Å². The Bertz CT molecular complexity index is 2110. The predicted molar refractivity (Wildman–Crippen MR) is 164 cm³/mol. The van der Waals surface area contributed by atoms with Crippen LogP contribution in [0.1, 0.15) is 0 Å². The van der Waals surface area contributed by atoms with E-state index in [1.807, 2.05) is 66.7 Å². The van der Waals surface area contributed by atoms with Crippen LogP contribution in [0.3, 0.4) is 0 Å². The molecule has 0 aliphatic carbocycles. The van der Waals surface area contributed by atoms with Gasteiger partial charge in [0.25, 0.3) is 0 Å². The fourth-order valence-electron chi connectivity index (χ4n) is 5.78. The van der Waals surface area contributed by atoms with Crippen molar-refractivity contribution >= 4 is 55.8 Å². The molecule has 0 radical (unpaired) electrons. The van der Waals surface area contributed by atoms with Crippen LogP contribution in [0, 0.1) is 11.6 Å². The fourth-order valence-corrected chi connectivity index (χ4v) is 8.03. The van der Waals surface area contributed by atoms with Crippen LogP contribution in [0.4, 0.5) is 8.78 Å². The van der Waals surface area contributed by atoms with Crippen molar-refractivity contribution < 1.29 is 8.78 Å². The molecule has 0 spiro atoms. The summed E-state index contributed by atoms with van der Waals surface area (Å²) in [6.45, 7) is 0. The molecule has 0 amide bonds. The third-order valence-corrected chi connectivity index (χ3v) is 10.2. The molecule has 7 aromatic rings. The van der Waals surface area contributed by atoms with E-state index in [4.69, 9.17) is 0 Å². The standard InChI is InChI=1S/C36H20F2S2/c37-23-19-29(21-13-15-28-26-9-2-1-7-24(26)25-8-3-4-10-27(25)31(28)17-21)36(38)30(20-23)22-14-16-34-35(18-22)40-33-12-6-5-11-32(33)39-34/h1-20H. The fraction of sp³-hybridized carbons (Fsp3) is 0. The summed E-state index contributed by atoms with van der Waals surface area (Å²) >= 11 is 3.38. The summed E-state index contributed by atoms with van der Waals surface area (Å²) in [7, 11) is 0. The first-order valence-corrected chi connectivity index (χ1v) is 14.7. The minimum Gasteiger partial charge on any atom is -0.207 e.